The summed E-state index contributed by atoms with van der Waals surface area (Å²) in [5.41, 5.74) is 6.64. The molecule has 0 saturated heterocycles. The number of anilines is 1. The summed E-state index contributed by atoms with van der Waals surface area (Å²) in [5, 5.41) is 2.85. The zero-order valence-corrected chi connectivity index (χ0v) is 13.6. The number of hydrogen-bond donors (Lipinski definition) is 2. The molecule has 94 valence electrons. The van der Waals surface area contributed by atoms with E-state index < -0.39 is 6.04 Å². The topological polar surface area (TPSA) is 55.1 Å². The van der Waals surface area contributed by atoms with Gasteiger partial charge in [-0.05, 0) is 62.6 Å². The molecule has 3 nitrogen and oxygen atoms in total. The van der Waals surface area contributed by atoms with Crippen LogP contribution in [0.5, 0.6) is 0 Å². The van der Waals surface area contributed by atoms with Crippen molar-refractivity contribution < 1.29 is 4.79 Å². The summed E-state index contributed by atoms with van der Waals surface area (Å²) in [4.78, 5) is 11.9. The molecule has 0 aliphatic heterocycles. The molecule has 17 heavy (non-hydrogen) atoms. The quantitative estimate of drug-likeness (QED) is 0.747. The van der Waals surface area contributed by atoms with Crippen molar-refractivity contribution in [2.45, 2.75) is 26.3 Å². The van der Waals surface area contributed by atoms with Crippen molar-refractivity contribution in [2.24, 2.45) is 11.7 Å². The second kappa shape index (κ2) is 6.70. The highest BCUT2D eigenvalue weighted by atomic mass is 127. The molecule has 0 bridgehead atoms. The maximum Gasteiger partial charge on any atom is 0.241 e. The third kappa shape index (κ3) is 4.22. The van der Waals surface area contributed by atoms with Crippen LogP contribution in [0.15, 0.2) is 22.7 Å². The predicted molar refractivity (Wildman–Crippen MR) is 82.9 cm³/mol. The Hall–Kier alpha value is -0.140. The van der Waals surface area contributed by atoms with Gasteiger partial charge in [0.15, 0.2) is 0 Å². The molecule has 0 fully saturated rings. The number of amides is 1. The van der Waals surface area contributed by atoms with Gasteiger partial charge in [0.1, 0.15) is 0 Å². The number of benzene rings is 1. The largest absolute Gasteiger partial charge is 0.324 e. The van der Waals surface area contributed by atoms with Crippen molar-refractivity contribution in [1.82, 2.24) is 0 Å². The molecule has 0 aromatic heterocycles. The summed E-state index contributed by atoms with van der Waals surface area (Å²) < 4.78 is 1.93. The van der Waals surface area contributed by atoms with Crippen molar-refractivity contribution in [3.8, 4) is 0 Å². The number of carbonyl (C=O) groups is 1. The monoisotopic (exact) mass is 410 g/mol. The fraction of sp³-hybridized carbons (Fsp3) is 0.417. The molecule has 0 heterocycles. The van der Waals surface area contributed by atoms with E-state index in [4.69, 9.17) is 5.73 Å². The molecule has 0 aliphatic carbocycles. The lowest BCUT2D eigenvalue weighted by atomic mass is 9.99. The van der Waals surface area contributed by atoms with E-state index in [0.717, 1.165) is 20.2 Å². The van der Waals surface area contributed by atoms with Gasteiger partial charge in [-0.2, -0.15) is 0 Å². The van der Waals surface area contributed by atoms with E-state index >= 15 is 0 Å². The number of nitrogens with two attached hydrogens (primary N) is 1. The van der Waals surface area contributed by atoms with Crippen LogP contribution in [-0.4, -0.2) is 11.9 Å². The number of nitrogens with one attached hydrogen (secondary N) is 1. The standard InChI is InChI=1S/C12H16BrIN2O/c1-3-7(2)11(15)12(17)16-10-6-8(14)4-5-9(10)13/h4-7,11H,3,15H2,1-2H3,(H,16,17)/t7?,11-/m0/s1. The Labute approximate surface area is 124 Å². The smallest absolute Gasteiger partial charge is 0.241 e. The number of carbonyl (C=O) groups excluding carboxylic acids is 1. The Bertz CT molecular complexity index is 411. The van der Waals surface area contributed by atoms with Crippen molar-refractivity contribution >= 4 is 50.1 Å². The number of halogens is 2. The highest BCUT2D eigenvalue weighted by Gasteiger charge is 2.20. The minimum absolute atomic E-state index is 0.137. The maximum absolute atomic E-state index is 11.9. The first-order valence-corrected chi connectivity index (χ1v) is 7.34. The normalized spacial score (nSPS) is 14.2. The average molecular weight is 411 g/mol. The van der Waals surface area contributed by atoms with Gasteiger partial charge >= 0.3 is 0 Å². The van der Waals surface area contributed by atoms with Gasteiger partial charge in [0.2, 0.25) is 5.91 Å². The summed E-state index contributed by atoms with van der Waals surface area (Å²) in [7, 11) is 0. The van der Waals surface area contributed by atoms with Crippen LogP contribution >= 0.6 is 38.5 Å². The van der Waals surface area contributed by atoms with Crippen molar-refractivity contribution in [3.05, 3.63) is 26.2 Å². The van der Waals surface area contributed by atoms with Crippen molar-refractivity contribution in [1.29, 1.82) is 0 Å². The molecule has 1 unspecified atom stereocenters. The van der Waals surface area contributed by atoms with Crippen LogP contribution in [0.25, 0.3) is 0 Å². The zero-order chi connectivity index (χ0) is 13.0. The van der Waals surface area contributed by atoms with Gasteiger partial charge in [-0.15, -0.1) is 0 Å². The minimum atomic E-state index is -0.468. The molecule has 1 amide bonds. The molecule has 0 radical (unpaired) electrons. The average Bonchev–Trinajstić information content (AvgIpc) is 2.31. The van der Waals surface area contributed by atoms with Gasteiger partial charge in [0.05, 0.1) is 11.7 Å². The minimum Gasteiger partial charge on any atom is -0.324 e. The molecule has 3 N–H and O–H groups in total. The first-order valence-electron chi connectivity index (χ1n) is 5.47. The molecule has 0 aliphatic rings. The highest BCUT2D eigenvalue weighted by Crippen LogP contribution is 2.24. The molecule has 2 atom stereocenters. The Morgan fingerprint density at radius 2 is 2.24 bits per heavy atom. The van der Waals surface area contributed by atoms with Crippen LogP contribution in [0, 0.1) is 9.49 Å². The van der Waals surface area contributed by atoms with Gasteiger partial charge in [-0.25, -0.2) is 0 Å². The highest BCUT2D eigenvalue weighted by molar-refractivity contribution is 14.1. The molecular weight excluding hydrogens is 395 g/mol. The van der Waals surface area contributed by atoms with Crippen LogP contribution in [0.2, 0.25) is 0 Å². The van der Waals surface area contributed by atoms with E-state index in [2.05, 4.69) is 43.8 Å². The lowest BCUT2D eigenvalue weighted by Crippen LogP contribution is -2.40. The van der Waals surface area contributed by atoms with Crippen LogP contribution in [0.1, 0.15) is 20.3 Å². The van der Waals surface area contributed by atoms with E-state index in [-0.39, 0.29) is 11.8 Å². The lowest BCUT2D eigenvalue weighted by Gasteiger charge is -2.18. The van der Waals surface area contributed by atoms with Crippen LogP contribution in [0.4, 0.5) is 5.69 Å². The van der Waals surface area contributed by atoms with Gasteiger partial charge < -0.3 is 11.1 Å². The Morgan fingerprint density at radius 1 is 1.59 bits per heavy atom. The van der Waals surface area contributed by atoms with E-state index in [0.29, 0.717) is 0 Å². The van der Waals surface area contributed by atoms with E-state index in [9.17, 15) is 4.79 Å². The SMILES string of the molecule is CCC(C)[C@H](N)C(=O)Nc1cc(I)ccc1Br. The van der Waals surface area contributed by atoms with Crippen LogP contribution < -0.4 is 11.1 Å². The first kappa shape index (κ1) is 14.9. The molecule has 0 spiro atoms. The number of rotatable bonds is 4. The first-order chi connectivity index (χ1) is 7.95. The summed E-state index contributed by atoms with van der Waals surface area (Å²) >= 11 is 5.61. The third-order valence-corrected chi connectivity index (χ3v) is 4.11. The van der Waals surface area contributed by atoms with Gasteiger partial charge in [-0.3, -0.25) is 4.79 Å². The van der Waals surface area contributed by atoms with Gasteiger partial charge in [0, 0.05) is 8.04 Å². The molecule has 5 heteroatoms. The molecule has 0 saturated carbocycles. The summed E-state index contributed by atoms with van der Waals surface area (Å²) in [5.74, 6) is 0.0404. The van der Waals surface area contributed by atoms with E-state index in [1.54, 1.807) is 0 Å². The van der Waals surface area contributed by atoms with Crippen LogP contribution in [0.3, 0.4) is 0 Å². The Morgan fingerprint density at radius 3 is 2.82 bits per heavy atom. The second-order valence-electron chi connectivity index (χ2n) is 4.02. The predicted octanol–water partition coefficient (Wildman–Crippen LogP) is 3.37. The van der Waals surface area contributed by atoms with E-state index in [1.165, 1.54) is 0 Å². The summed E-state index contributed by atoms with van der Waals surface area (Å²) in [6.07, 6.45) is 0.891. The second-order valence-corrected chi connectivity index (χ2v) is 6.12. The van der Waals surface area contributed by atoms with E-state index in [1.807, 2.05) is 32.0 Å². The van der Waals surface area contributed by atoms with Gasteiger partial charge in [0.25, 0.3) is 0 Å². The molecule has 1 aromatic rings. The maximum atomic E-state index is 11.9. The fourth-order valence-electron chi connectivity index (χ4n) is 1.32. The Kier molecular flexibility index (Phi) is 5.88. The third-order valence-electron chi connectivity index (χ3n) is 2.75. The van der Waals surface area contributed by atoms with Gasteiger partial charge in [-0.1, -0.05) is 20.3 Å². The Balaban J connectivity index is 2.77. The molecular formula is C12H16BrIN2O. The summed E-state index contributed by atoms with van der Waals surface area (Å²) in [6, 6.07) is 5.32. The number of hydrogen-bond acceptors (Lipinski definition) is 2. The van der Waals surface area contributed by atoms with Crippen molar-refractivity contribution in [2.75, 3.05) is 5.32 Å². The van der Waals surface area contributed by atoms with Crippen LogP contribution in [-0.2, 0) is 4.79 Å². The van der Waals surface area contributed by atoms with Crippen molar-refractivity contribution in [3.63, 3.8) is 0 Å². The lowest BCUT2D eigenvalue weighted by molar-refractivity contribution is -0.118. The fourth-order valence-corrected chi connectivity index (χ4v) is 2.16. The molecule has 1 rings (SSSR count). The summed E-state index contributed by atoms with van der Waals surface area (Å²) in [6.45, 7) is 4.01. The zero-order valence-electron chi connectivity index (χ0n) is 9.84. The molecule has 1 aromatic carbocycles.